The Morgan fingerprint density at radius 1 is 1.12 bits per heavy atom. The van der Waals surface area contributed by atoms with Crippen molar-refractivity contribution in [2.24, 2.45) is 35.0 Å². The second-order valence-corrected chi connectivity index (χ2v) is 10.3. The van der Waals surface area contributed by atoms with Crippen molar-refractivity contribution in [3.8, 4) is 0 Å². The van der Waals surface area contributed by atoms with Gasteiger partial charge in [-0.25, -0.2) is 0 Å². The van der Waals surface area contributed by atoms with Crippen LogP contribution in [0.2, 0.25) is 0 Å². The fourth-order valence-corrected chi connectivity index (χ4v) is 9.68. The lowest BCUT2D eigenvalue weighted by molar-refractivity contribution is -0.234. The van der Waals surface area contributed by atoms with E-state index in [-0.39, 0.29) is 59.2 Å². The van der Waals surface area contributed by atoms with Crippen LogP contribution in [0.4, 0.5) is 0 Å². The molecule has 7 fully saturated rings. The third kappa shape index (κ3) is 1.29. The van der Waals surface area contributed by atoms with Crippen molar-refractivity contribution in [2.75, 3.05) is 20.8 Å². The number of nitrogens with one attached hydrogen (secondary N) is 1. The van der Waals surface area contributed by atoms with E-state index >= 15 is 0 Å². The summed E-state index contributed by atoms with van der Waals surface area (Å²) in [6.45, 7) is 0.885. The van der Waals surface area contributed by atoms with Crippen LogP contribution in [-0.2, 0) is 14.2 Å². The molecule has 26 heavy (non-hydrogen) atoms. The van der Waals surface area contributed by atoms with Gasteiger partial charge in [0.2, 0.25) is 0 Å². The number of piperidine rings is 1. The predicted molar refractivity (Wildman–Crippen MR) is 90.3 cm³/mol. The minimum absolute atomic E-state index is 0.0307. The highest BCUT2D eigenvalue weighted by Gasteiger charge is 2.87. The molecular formula is C20H29NO5. The smallest absolute Gasteiger partial charge is 0.111 e. The highest BCUT2D eigenvalue weighted by Crippen LogP contribution is 2.79. The fraction of sp³-hybridized carbons (Fsp3) is 1.00. The number of epoxide rings is 1. The lowest BCUT2D eigenvalue weighted by atomic mass is 9.46. The van der Waals surface area contributed by atoms with Gasteiger partial charge < -0.3 is 29.7 Å². The molecule has 0 aromatic heterocycles. The number of ether oxygens (including phenoxy) is 3. The molecule has 7 bridgehead atoms. The summed E-state index contributed by atoms with van der Waals surface area (Å²) in [5.41, 5.74) is -1.02. The topological polar surface area (TPSA) is 83.5 Å². The van der Waals surface area contributed by atoms with E-state index in [1.165, 1.54) is 0 Å². The van der Waals surface area contributed by atoms with Crippen molar-refractivity contribution in [3.63, 3.8) is 0 Å². The van der Waals surface area contributed by atoms with Crippen LogP contribution in [0.3, 0.4) is 0 Å². The van der Waals surface area contributed by atoms with Crippen LogP contribution in [0, 0.1) is 35.0 Å². The average Bonchev–Trinajstić information content (AvgIpc) is 3.11. The van der Waals surface area contributed by atoms with E-state index in [1.54, 1.807) is 14.2 Å². The van der Waals surface area contributed by atoms with Gasteiger partial charge in [-0.2, -0.15) is 0 Å². The summed E-state index contributed by atoms with van der Waals surface area (Å²) in [7, 11) is 3.55. The van der Waals surface area contributed by atoms with Gasteiger partial charge in [0, 0.05) is 68.7 Å². The minimum atomic E-state index is -0.769. The first-order valence-electron chi connectivity index (χ1n) is 10.4. The van der Waals surface area contributed by atoms with Gasteiger partial charge >= 0.3 is 0 Å². The molecule has 0 amide bonds. The van der Waals surface area contributed by atoms with Gasteiger partial charge in [0.15, 0.2) is 0 Å². The number of aliphatic hydroxyl groups excluding tert-OH is 1. The molecule has 3 N–H and O–H groups in total. The standard InChI is InChI=1S/C20H29NO5/c1-24-11-6-18(23)10-4-12-19-7-21-17(10)20(12,13(22)5-14(19)26-19)9-3-8(11)16(25-2)15(9)18/h8-17,21-23H,3-7H2,1-2H3/t8-,9-,10+,11+,12-,13+,14+,15-,16+,17-,18+,19-,20-/m1/s1. The summed E-state index contributed by atoms with van der Waals surface area (Å²) in [4.78, 5) is 0. The Kier molecular flexibility index (Phi) is 2.61. The quantitative estimate of drug-likeness (QED) is 0.595. The summed E-state index contributed by atoms with van der Waals surface area (Å²) in [6.07, 6.45) is 3.36. The summed E-state index contributed by atoms with van der Waals surface area (Å²) < 4.78 is 18.1. The minimum Gasteiger partial charge on any atom is -0.392 e. The molecule has 7 rings (SSSR count). The van der Waals surface area contributed by atoms with Crippen molar-refractivity contribution >= 4 is 0 Å². The molecule has 144 valence electrons. The van der Waals surface area contributed by atoms with Crippen LogP contribution < -0.4 is 5.32 Å². The van der Waals surface area contributed by atoms with E-state index in [4.69, 9.17) is 14.2 Å². The van der Waals surface area contributed by atoms with E-state index in [0.29, 0.717) is 18.3 Å². The lowest BCUT2D eigenvalue weighted by Gasteiger charge is -2.63. The van der Waals surface area contributed by atoms with Gasteiger partial charge in [-0.05, 0) is 18.8 Å². The van der Waals surface area contributed by atoms with E-state index in [2.05, 4.69) is 5.32 Å². The monoisotopic (exact) mass is 363 g/mol. The second-order valence-electron chi connectivity index (χ2n) is 10.3. The first kappa shape index (κ1) is 15.7. The lowest BCUT2D eigenvalue weighted by Crippen LogP contribution is -2.75. The van der Waals surface area contributed by atoms with Gasteiger partial charge in [0.1, 0.15) is 5.60 Å². The molecule has 0 aromatic carbocycles. The maximum Gasteiger partial charge on any atom is 0.111 e. The third-order valence-corrected chi connectivity index (χ3v) is 10.3. The zero-order chi connectivity index (χ0) is 17.6. The Balaban J connectivity index is 1.46. The molecule has 2 heterocycles. The number of aliphatic hydroxyl groups is 2. The highest BCUT2D eigenvalue weighted by molar-refractivity contribution is 5.37. The third-order valence-electron chi connectivity index (χ3n) is 10.3. The molecule has 0 radical (unpaired) electrons. The molecule has 6 nitrogen and oxygen atoms in total. The molecule has 0 aromatic rings. The number of fused-ring (bicyclic) bond motifs is 2. The first-order valence-corrected chi connectivity index (χ1v) is 10.4. The fourth-order valence-electron chi connectivity index (χ4n) is 9.68. The normalized spacial score (nSPS) is 71.5. The molecule has 13 atom stereocenters. The SMILES string of the molecule is CO[C@H]1[C@@H]2C[C@@H]3[C@H]1[C@](O)(C[C@@H]2OC)[C@H]1C[C@@H]2[C@]45CN[C@H]1[C@]32[C@@H](O)C[C@@H]4O5. The Morgan fingerprint density at radius 3 is 2.73 bits per heavy atom. The molecule has 6 heteroatoms. The highest BCUT2D eigenvalue weighted by atomic mass is 16.6. The maximum absolute atomic E-state index is 12.1. The largest absolute Gasteiger partial charge is 0.392 e. The molecular weight excluding hydrogens is 334 g/mol. The van der Waals surface area contributed by atoms with Gasteiger partial charge in [0.25, 0.3) is 0 Å². The van der Waals surface area contributed by atoms with Crippen LogP contribution >= 0.6 is 0 Å². The average molecular weight is 363 g/mol. The Morgan fingerprint density at radius 2 is 1.96 bits per heavy atom. The van der Waals surface area contributed by atoms with E-state index in [1.807, 2.05) is 0 Å². The van der Waals surface area contributed by atoms with Gasteiger partial charge in [-0.15, -0.1) is 0 Å². The Labute approximate surface area is 153 Å². The van der Waals surface area contributed by atoms with Crippen LogP contribution in [0.5, 0.6) is 0 Å². The molecule has 5 aliphatic carbocycles. The van der Waals surface area contributed by atoms with Gasteiger partial charge in [-0.1, -0.05) is 0 Å². The van der Waals surface area contributed by atoms with Crippen LogP contribution in [0.15, 0.2) is 0 Å². The van der Waals surface area contributed by atoms with Crippen molar-refractivity contribution in [2.45, 2.75) is 67.3 Å². The van der Waals surface area contributed by atoms with E-state index in [9.17, 15) is 10.2 Å². The zero-order valence-corrected chi connectivity index (χ0v) is 15.4. The maximum atomic E-state index is 12.1. The molecule has 7 aliphatic rings. The van der Waals surface area contributed by atoms with Gasteiger partial charge in [-0.3, -0.25) is 0 Å². The summed E-state index contributed by atoms with van der Waals surface area (Å²) in [6, 6.07) is 0.191. The molecule has 0 unspecified atom stereocenters. The summed E-state index contributed by atoms with van der Waals surface area (Å²) >= 11 is 0. The number of methoxy groups -OCH3 is 2. The summed E-state index contributed by atoms with van der Waals surface area (Å²) in [5, 5.41) is 27.3. The zero-order valence-electron chi connectivity index (χ0n) is 15.4. The second kappa shape index (κ2) is 4.34. The molecule has 2 saturated heterocycles. The molecule has 5 saturated carbocycles. The van der Waals surface area contributed by atoms with Crippen LogP contribution in [0.1, 0.15) is 25.7 Å². The Hall–Kier alpha value is -0.240. The van der Waals surface area contributed by atoms with E-state index < -0.39 is 5.60 Å². The van der Waals surface area contributed by atoms with Crippen molar-refractivity contribution < 1.29 is 24.4 Å². The predicted octanol–water partition coefficient (Wildman–Crippen LogP) is -0.0864. The van der Waals surface area contributed by atoms with Crippen molar-refractivity contribution in [3.05, 3.63) is 0 Å². The van der Waals surface area contributed by atoms with Crippen molar-refractivity contribution in [1.82, 2.24) is 5.32 Å². The van der Waals surface area contributed by atoms with Crippen molar-refractivity contribution in [1.29, 1.82) is 0 Å². The number of hydrogen-bond acceptors (Lipinski definition) is 6. The first-order chi connectivity index (χ1) is 12.5. The Bertz CT molecular complexity index is 689. The van der Waals surface area contributed by atoms with Crippen LogP contribution in [-0.4, -0.2) is 72.6 Å². The summed E-state index contributed by atoms with van der Waals surface area (Å²) in [5.74, 6) is 1.23. The number of rotatable bonds is 2. The molecule has 2 spiro atoms. The molecule has 2 aliphatic heterocycles. The van der Waals surface area contributed by atoms with Crippen LogP contribution in [0.25, 0.3) is 0 Å². The number of hydrogen-bond donors (Lipinski definition) is 3. The van der Waals surface area contributed by atoms with E-state index in [0.717, 1.165) is 25.8 Å². The van der Waals surface area contributed by atoms with Gasteiger partial charge in [0.05, 0.1) is 30.0 Å².